The molecule has 0 saturated carbocycles. The largest absolute Gasteiger partial charge is 0.378 e. The molecule has 2 aliphatic rings. The van der Waals surface area contributed by atoms with Crippen molar-refractivity contribution in [3.05, 3.63) is 0 Å². The number of morpholine rings is 1. The van der Waals surface area contributed by atoms with Gasteiger partial charge in [0.15, 0.2) is 5.96 Å². The van der Waals surface area contributed by atoms with Gasteiger partial charge in [-0.15, -0.1) is 24.0 Å². The van der Waals surface area contributed by atoms with Gasteiger partial charge in [-0.2, -0.15) is 11.8 Å². The van der Waals surface area contributed by atoms with Crippen LogP contribution < -0.4 is 5.32 Å². The fourth-order valence-electron chi connectivity index (χ4n) is 3.14. The molecule has 2 aliphatic heterocycles. The molecule has 8 heteroatoms. The van der Waals surface area contributed by atoms with Gasteiger partial charge in [-0.05, 0) is 39.9 Å². The Morgan fingerprint density at radius 1 is 1.19 bits per heavy atom. The molecule has 6 nitrogen and oxygen atoms in total. The van der Waals surface area contributed by atoms with E-state index >= 15 is 0 Å². The lowest BCUT2D eigenvalue weighted by Gasteiger charge is -2.37. The van der Waals surface area contributed by atoms with Crippen LogP contribution in [-0.2, 0) is 9.53 Å². The van der Waals surface area contributed by atoms with E-state index in [0.29, 0.717) is 19.1 Å². The second-order valence-electron chi connectivity index (χ2n) is 7.33. The molecule has 1 N–H and O–H groups in total. The number of nitrogens with zero attached hydrogens (tertiary/aromatic N) is 3. The van der Waals surface area contributed by atoms with Crippen molar-refractivity contribution in [2.45, 2.75) is 38.4 Å². The van der Waals surface area contributed by atoms with Gasteiger partial charge in [-0.25, -0.2) is 0 Å². The predicted octanol–water partition coefficient (Wildman–Crippen LogP) is 2.28. The van der Waals surface area contributed by atoms with Crippen molar-refractivity contribution in [1.82, 2.24) is 15.1 Å². The molecule has 152 valence electrons. The van der Waals surface area contributed by atoms with Crippen molar-refractivity contribution >= 4 is 47.6 Å². The van der Waals surface area contributed by atoms with E-state index in [0.717, 1.165) is 58.1 Å². The second kappa shape index (κ2) is 11.6. The molecule has 0 aliphatic carbocycles. The van der Waals surface area contributed by atoms with E-state index < -0.39 is 0 Å². The Balaban J connectivity index is 0.00000338. The molecule has 1 amide bonds. The summed E-state index contributed by atoms with van der Waals surface area (Å²) in [4.78, 5) is 21.8. The molecule has 2 heterocycles. The molecule has 2 rings (SSSR count). The molecule has 0 bridgehead atoms. The van der Waals surface area contributed by atoms with E-state index in [2.05, 4.69) is 37.2 Å². The zero-order valence-electron chi connectivity index (χ0n) is 16.6. The fraction of sp³-hybridized carbons (Fsp3) is 0.889. The van der Waals surface area contributed by atoms with Gasteiger partial charge in [-0.3, -0.25) is 9.79 Å². The first-order valence-electron chi connectivity index (χ1n) is 9.42. The third-order valence-electron chi connectivity index (χ3n) is 4.96. The van der Waals surface area contributed by atoms with E-state index in [1.165, 1.54) is 0 Å². The minimum absolute atomic E-state index is 0. The number of carbonyl (C=O) groups is 1. The smallest absolute Gasteiger partial charge is 0.225 e. The summed E-state index contributed by atoms with van der Waals surface area (Å²) in [5, 5.41) is 3.41. The van der Waals surface area contributed by atoms with Crippen LogP contribution in [0.4, 0.5) is 0 Å². The van der Waals surface area contributed by atoms with E-state index in [1.807, 2.05) is 16.7 Å². The second-order valence-corrected chi connectivity index (χ2v) is 8.85. The number of guanidine groups is 1. The highest BCUT2D eigenvalue weighted by Crippen LogP contribution is 2.23. The highest BCUT2D eigenvalue weighted by molar-refractivity contribution is 14.0. The number of aliphatic imine (C=N–C) groups is 1. The molecule has 0 atom stereocenters. The molecule has 0 aromatic carbocycles. The first kappa shape index (κ1) is 23.8. The minimum Gasteiger partial charge on any atom is -0.378 e. The first-order chi connectivity index (χ1) is 12.0. The summed E-state index contributed by atoms with van der Waals surface area (Å²) in [6.07, 6.45) is 3.95. The standard InChI is InChI=1S/C18H34N4O2S.HI/c1-5-19-17(20-14-18(2,3)25-4)22-8-6-15(7-9-22)16(23)21-10-12-24-13-11-21;/h15H,5-14H2,1-4H3,(H,19,20);1H. The van der Waals surface area contributed by atoms with E-state index in [1.54, 1.807) is 0 Å². The van der Waals surface area contributed by atoms with Gasteiger partial charge < -0.3 is 19.9 Å². The minimum atomic E-state index is 0. The molecule has 0 radical (unpaired) electrons. The zero-order valence-corrected chi connectivity index (χ0v) is 19.8. The normalized spacial score (nSPS) is 19.9. The first-order valence-corrected chi connectivity index (χ1v) is 10.6. The number of ether oxygens (including phenoxy) is 1. The van der Waals surface area contributed by atoms with Crippen LogP contribution in [0.1, 0.15) is 33.6 Å². The summed E-state index contributed by atoms with van der Waals surface area (Å²) >= 11 is 1.84. The maximum atomic E-state index is 12.7. The third-order valence-corrected chi connectivity index (χ3v) is 6.20. The van der Waals surface area contributed by atoms with Crippen molar-refractivity contribution in [3.63, 3.8) is 0 Å². The lowest BCUT2D eigenvalue weighted by atomic mass is 9.95. The Morgan fingerprint density at radius 2 is 1.81 bits per heavy atom. The number of nitrogens with one attached hydrogen (secondary N) is 1. The van der Waals surface area contributed by atoms with Crippen LogP contribution in [0.5, 0.6) is 0 Å². The molecule has 0 unspecified atom stereocenters. The number of thioether (sulfide) groups is 1. The molecule has 2 saturated heterocycles. The van der Waals surface area contributed by atoms with Gasteiger partial charge in [-0.1, -0.05) is 0 Å². The molecular weight excluding hydrogens is 463 g/mol. The average Bonchev–Trinajstić information content (AvgIpc) is 2.65. The van der Waals surface area contributed by atoms with Crippen LogP contribution in [0.2, 0.25) is 0 Å². The number of halogens is 1. The van der Waals surface area contributed by atoms with Crippen LogP contribution in [0.3, 0.4) is 0 Å². The van der Waals surface area contributed by atoms with Crippen LogP contribution in [0, 0.1) is 5.92 Å². The van der Waals surface area contributed by atoms with Crippen LogP contribution in [0.25, 0.3) is 0 Å². The molecule has 26 heavy (non-hydrogen) atoms. The number of likely N-dealkylation sites (tertiary alicyclic amines) is 1. The van der Waals surface area contributed by atoms with E-state index in [4.69, 9.17) is 9.73 Å². The number of amides is 1. The Kier molecular flexibility index (Phi) is 10.6. The Hall–Kier alpha value is -0.220. The molecule has 0 spiro atoms. The SMILES string of the molecule is CCNC(=NCC(C)(C)SC)N1CCC(C(=O)N2CCOCC2)CC1.I. The Labute approximate surface area is 179 Å². The Bertz CT molecular complexity index is 462. The maximum Gasteiger partial charge on any atom is 0.225 e. The van der Waals surface area contributed by atoms with Crippen molar-refractivity contribution in [2.75, 3.05) is 58.7 Å². The van der Waals surface area contributed by atoms with E-state index in [9.17, 15) is 4.79 Å². The highest BCUT2D eigenvalue weighted by atomic mass is 127. The molecule has 0 aromatic heterocycles. The summed E-state index contributed by atoms with van der Waals surface area (Å²) in [5.74, 6) is 1.45. The quantitative estimate of drug-likeness (QED) is 0.358. The maximum absolute atomic E-state index is 12.7. The fourth-order valence-corrected chi connectivity index (χ4v) is 3.33. The summed E-state index contributed by atoms with van der Waals surface area (Å²) in [6.45, 7) is 12.8. The average molecular weight is 498 g/mol. The van der Waals surface area contributed by atoms with Gasteiger partial charge >= 0.3 is 0 Å². The van der Waals surface area contributed by atoms with Gasteiger partial charge in [0.2, 0.25) is 5.91 Å². The topological polar surface area (TPSA) is 57.2 Å². The zero-order chi connectivity index (χ0) is 18.3. The Morgan fingerprint density at radius 3 is 2.35 bits per heavy atom. The van der Waals surface area contributed by atoms with Crippen LogP contribution >= 0.6 is 35.7 Å². The van der Waals surface area contributed by atoms with Gasteiger partial charge in [0.05, 0.1) is 19.8 Å². The van der Waals surface area contributed by atoms with Crippen molar-refractivity contribution in [3.8, 4) is 0 Å². The summed E-state index contributed by atoms with van der Waals surface area (Å²) in [7, 11) is 0. The summed E-state index contributed by atoms with van der Waals surface area (Å²) in [6, 6.07) is 0. The monoisotopic (exact) mass is 498 g/mol. The predicted molar refractivity (Wildman–Crippen MR) is 121 cm³/mol. The summed E-state index contributed by atoms with van der Waals surface area (Å²) in [5.41, 5.74) is 0. The van der Waals surface area contributed by atoms with E-state index in [-0.39, 0.29) is 34.6 Å². The van der Waals surface area contributed by atoms with Gasteiger partial charge in [0, 0.05) is 43.4 Å². The van der Waals surface area contributed by atoms with Gasteiger partial charge in [0.25, 0.3) is 0 Å². The summed E-state index contributed by atoms with van der Waals surface area (Å²) < 4.78 is 5.49. The number of carbonyl (C=O) groups excluding carboxylic acids is 1. The lowest BCUT2D eigenvalue weighted by molar-refractivity contribution is -0.140. The lowest BCUT2D eigenvalue weighted by Crippen LogP contribution is -2.50. The molecular formula is C18H35IN4O2S. The number of rotatable bonds is 5. The van der Waals surface area contributed by atoms with Crippen molar-refractivity contribution < 1.29 is 9.53 Å². The van der Waals surface area contributed by atoms with Crippen molar-refractivity contribution in [2.24, 2.45) is 10.9 Å². The van der Waals surface area contributed by atoms with Gasteiger partial charge in [0.1, 0.15) is 0 Å². The van der Waals surface area contributed by atoms with Crippen LogP contribution in [-0.4, -0.2) is 85.2 Å². The molecule has 2 fully saturated rings. The number of piperidine rings is 1. The molecule has 0 aromatic rings. The highest BCUT2D eigenvalue weighted by Gasteiger charge is 2.30. The van der Waals surface area contributed by atoms with Crippen LogP contribution in [0.15, 0.2) is 4.99 Å². The van der Waals surface area contributed by atoms with Crippen molar-refractivity contribution in [1.29, 1.82) is 0 Å². The number of hydrogen-bond donors (Lipinski definition) is 1. The third kappa shape index (κ3) is 7.07. The number of hydrogen-bond acceptors (Lipinski definition) is 4.